The maximum atomic E-state index is 10.1. The van der Waals surface area contributed by atoms with Crippen LogP contribution in [-0.4, -0.2) is 30.4 Å². The molecule has 1 atom stereocenters. The van der Waals surface area contributed by atoms with Gasteiger partial charge in [0.05, 0.1) is 0 Å². The van der Waals surface area contributed by atoms with Gasteiger partial charge in [-0.25, -0.2) is 14.4 Å². The number of nitrogens with zero attached hydrogens (tertiary/aromatic N) is 3. The predicted molar refractivity (Wildman–Crippen MR) is 51.5 cm³/mol. The minimum absolute atomic E-state index is 0.507. The highest BCUT2D eigenvalue weighted by molar-refractivity contribution is 5.38. The number of unbranched alkanes of at least 4 members (excludes halogenated alkanes) is 1. The van der Waals surface area contributed by atoms with Crippen molar-refractivity contribution in [2.45, 2.75) is 38.4 Å². The Morgan fingerprint density at radius 3 is 1.93 bits per heavy atom. The normalized spacial score (nSPS) is 12.6. The number of carbonyl (C=O) groups excluding carboxylic acids is 3. The van der Waals surface area contributed by atoms with Crippen molar-refractivity contribution in [2.24, 2.45) is 15.0 Å². The molecule has 0 aromatic rings. The van der Waals surface area contributed by atoms with Gasteiger partial charge < -0.3 is 0 Å². The second kappa shape index (κ2) is 8.73. The first kappa shape index (κ1) is 13.1. The summed E-state index contributed by atoms with van der Waals surface area (Å²) in [4.78, 5) is 40.2. The average Bonchev–Trinajstić information content (AvgIpc) is 2.24. The molecule has 0 spiro atoms. The van der Waals surface area contributed by atoms with Crippen molar-refractivity contribution in [1.29, 1.82) is 0 Å². The fourth-order valence-electron chi connectivity index (χ4n) is 1.07. The molecule has 0 rings (SSSR count). The van der Waals surface area contributed by atoms with Crippen LogP contribution in [0.4, 0.5) is 0 Å². The molecule has 0 aliphatic heterocycles. The third kappa shape index (κ3) is 5.45. The summed E-state index contributed by atoms with van der Waals surface area (Å²) in [7, 11) is 0. The van der Waals surface area contributed by atoms with Crippen LogP contribution in [0.5, 0.6) is 0 Å². The third-order valence-corrected chi connectivity index (χ3v) is 1.79. The van der Waals surface area contributed by atoms with Gasteiger partial charge in [-0.3, -0.25) is 0 Å². The van der Waals surface area contributed by atoms with Crippen molar-refractivity contribution in [3.63, 3.8) is 0 Å². The van der Waals surface area contributed by atoms with Gasteiger partial charge in [0.1, 0.15) is 6.04 Å². The summed E-state index contributed by atoms with van der Waals surface area (Å²) in [5.74, 6) is 0. The van der Waals surface area contributed by atoms with Gasteiger partial charge in [0.2, 0.25) is 18.2 Å². The van der Waals surface area contributed by atoms with E-state index in [1.54, 1.807) is 0 Å². The highest BCUT2D eigenvalue weighted by Crippen LogP contribution is 2.12. The molecule has 0 aliphatic carbocycles. The lowest BCUT2D eigenvalue weighted by atomic mass is 10.1. The smallest absolute Gasteiger partial charge is 0.211 e. The molecule has 0 aromatic carbocycles. The second-order valence-corrected chi connectivity index (χ2v) is 2.78. The summed E-state index contributed by atoms with van der Waals surface area (Å²) in [6.45, 7) is 1.96. The number of hydrogen-bond acceptors (Lipinski definition) is 6. The van der Waals surface area contributed by atoms with Crippen molar-refractivity contribution >= 4 is 18.2 Å². The van der Waals surface area contributed by atoms with Crippen molar-refractivity contribution in [3.05, 3.63) is 0 Å². The second-order valence-electron chi connectivity index (χ2n) is 2.78. The van der Waals surface area contributed by atoms with E-state index in [2.05, 4.69) is 15.0 Å². The Balaban J connectivity index is 4.72. The van der Waals surface area contributed by atoms with Crippen LogP contribution in [0.3, 0.4) is 0 Å². The number of hydrogen-bond donors (Lipinski definition) is 0. The van der Waals surface area contributed by atoms with Gasteiger partial charge in [-0.1, -0.05) is 19.8 Å². The highest BCUT2D eigenvalue weighted by Gasteiger charge is 2.19. The molecule has 0 bridgehead atoms. The van der Waals surface area contributed by atoms with Crippen LogP contribution in [0.25, 0.3) is 0 Å². The quantitative estimate of drug-likeness (QED) is 0.460. The molecule has 0 saturated carbocycles. The SMILES string of the molecule is CCCCC(N=C=O)C(N=C=O)N=C=O. The Kier molecular flexibility index (Phi) is 7.64. The minimum atomic E-state index is -1.01. The van der Waals surface area contributed by atoms with Crippen LogP contribution >= 0.6 is 0 Å². The summed E-state index contributed by atoms with van der Waals surface area (Å²) in [6, 6.07) is -0.634. The van der Waals surface area contributed by atoms with Gasteiger partial charge in [0.25, 0.3) is 0 Å². The Morgan fingerprint density at radius 2 is 1.53 bits per heavy atom. The lowest BCUT2D eigenvalue weighted by molar-refractivity contribution is 0.475. The van der Waals surface area contributed by atoms with E-state index in [1.165, 1.54) is 18.2 Å². The Labute approximate surface area is 86.8 Å². The fourth-order valence-corrected chi connectivity index (χ4v) is 1.07. The zero-order valence-corrected chi connectivity index (χ0v) is 8.34. The maximum absolute atomic E-state index is 10.1. The zero-order chi connectivity index (χ0) is 11.5. The van der Waals surface area contributed by atoms with Crippen LogP contribution in [0.2, 0.25) is 0 Å². The van der Waals surface area contributed by atoms with E-state index in [9.17, 15) is 14.4 Å². The van der Waals surface area contributed by atoms with Crippen molar-refractivity contribution in [2.75, 3.05) is 0 Å². The minimum Gasteiger partial charge on any atom is -0.211 e. The van der Waals surface area contributed by atoms with Crippen molar-refractivity contribution < 1.29 is 14.4 Å². The Bertz CT molecular complexity index is 305. The summed E-state index contributed by atoms with van der Waals surface area (Å²) in [5.41, 5.74) is 0. The van der Waals surface area contributed by atoms with E-state index in [0.717, 1.165) is 12.8 Å². The first-order valence-electron chi connectivity index (χ1n) is 4.51. The summed E-state index contributed by atoms with van der Waals surface area (Å²) >= 11 is 0. The van der Waals surface area contributed by atoms with Crippen LogP contribution in [0.15, 0.2) is 15.0 Å². The summed E-state index contributed by atoms with van der Waals surface area (Å²) in [5, 5.41) is 0. The molecule has 6 heteroatoms. The monoisotopic (exact) mass is 209 g/mol. The first-order chi connectivity index (χ1) is 7.29. The molecule has 0 aliphatic rings. The van der Waals surface area contributed by atoms with Gasteiger partial charge in [-0.2, -0.15) is 15.0 Å². The summed E-state index contributed by atoms with van der Waals surface area (Å²) in [6.07, 6.45) is 5.11. The molecule has 0 heterocycles. The van der Waals surface area contributed by atoms with Gasteiger partial charge in [-0.05, 0) is 6.42 Å². The van der Waals surface area contributed by atoms with E-state index < -0.39 is 12.2 Å². The summed E-state index contributed by atoms with van der Waals surface area (Å²) < 4.78 is 0. The number of isocyanates is 3. The topological polar surface area (TPSA) is 88.3 Å². The Morgan fingerprint density at radius 1 is 1.00 bits per heavy atom. The van der Waals surface area contributed by atoms with Gasteiger partial charge in [-0.15, -0.1) is 0 Å². The molecule has 6 nitrogen and oxygen atoms in total. The van der Waals surface area contributed by atoms with Gasteiger partial charge in [0.15, 0.2) is 6.17 Å². The maximum Gasteiger partial charge on any atom is 0.237 e. The van der Waals surface area contributed by atoms with Gasteiger partial charge in [0, 0.05) is 0 Å². The van der Waals surface area contributed by atoms with Crippen LogP contribution < -0.4 is 0 Å². The Hall–Kier alpha value is -1.86. The zero-order valence-electron chi connectivity index (χ0n) is 8.34. The van der Waals surface area contributed by atoms with Crippen LogP contribution in [-0.2, 0) is 14.4 Å². The van der Waals surface area contributed by atoms with Crippen LogP contribution in [0, 0.1) is 0 Å². The largest absolute Gasteiger partial charge is 0.237 e. The third-order valence-electron chi connectivity index (χ3n) is 1.79. The molecule has 1 unspecified atom stereocenters. The number of rotatable bonds is 7. The fraction of sp³-hybridized carbons (Fsp3) is 0.667. The molecule has 15 heavy (non-hydrogen) atoms. The van der Waals surface area contributed by atoms with E-state index in [1.807, 2.05) is 6.92 Å². The first-order valence-corrected chi connectivity index (χ1v) is 4.51. The van der Waals surface area contributed by atoms with Gasteiger partial charge >= 0.3 is 0 Å². The highest BCUT2D eigenvalue weighted by atomic mass is 16.1. The molecular formula is C9H11N3O3. The van der Waals surface area contributed by atoms with E-state index >= 15 is 0 Å². The lowest BCUT2D eigenvalue weighted by Gasteiger charge is -2.11. The molecule has 0 radical (unpaired) electrons. The van der Waals surface area contributed by atoms with Crippen molar-refractivity contribution in [3.8, 4) is 0 Å². The molecule has 0 aromatic heterocycles. The van der Waals surface area contributed by atoms with E-state index in [4.69, 9.17) is 0 Å². The van der Waals surface area contributed by atoms with E-state index in [0.29, 0.717) is 6.42 Å². The molecule has 0 N–H and O–H groups in total. The van der Waals surface area contributed by atoms with E-state index in [-0.39, 0.29) is 0 Å². The number of aliphatic imine (C=N–C) groups is 3. The molecule has 0 fully saturated rings. The van der Waals surface area contributed by atoms with Crippen molar-refractivity contribution in [1.82, 2.24) is 0 Å². The average molecular weight is 209 g/mol. The molecule has 0 amide bonds. The molecule has 80 valence electrons. The molecule has 0 saturated heterocycles. The van der Waals surface area contributed by atoms with Crippen LogP contribution in [0.1, 0.15) is 26.2 Å². The predicted octanol–water partition coefficient (Wildman–Crippen LogP) is 0.879. The standard InChI is InChI=1S/C9H11N3O3/c1-2-3-4-8(10-5-13)9(11-6-14)12-7-15/h8-9H,2-4H2,1H3. The molecular weight excluding hydrogens is 198 g/mol. The lowest BCUT2D eigenvalue weighted by Crippen LogP contribution is -2.20.